The molecule has 1 aromatic heterocycles. The summed E-state index contributed by atoms with van der Waals surface area (Å²) in [7, 11) is 1.97. The van der Waals surface area contributed by atoms with Gasteiger partial charge in [0.1, 0.15) is 5.76 Å². The summed E-state index contributed by atoms with van der Waals surface area (Å²) < 4.78 is 5.65. The zero-order chi connectivity index (χ0) is 10.7. The van der Waals surface area contributed by atoms with Crippen molar-refractivity contribution in [2.45, 2.75) is 31.7 Å². The lowest BCUT2D eigenvalue weighted by atomic mass is 10.00. The second kappa shape index (κ2) is 3.10. The highest BCUT2D eigenvalue weighted by Crippen LogP contribution is 2.73. The number of nitrogens with one attached hydrogen (secondary N) is 1. The molecule has 16 heavy (non-hydrogen) atoms. The molecule has 1 aromatic rings. The van der Waals surface area contributed by atoms with E-state index in [0.29, 0.717) is 0 Å². The first-order valence-electron chi connectivity index (χ1n) is 6.47. The van der Waals surface area contributed by atoms with Crippen molar-refractivity contribution in [3.8, 4) is 0 Å². The Kier molecular flexibility index (Phi) is 1.79. The minimum atomic E-state index is 0.720. The fraction of sp³-hybridized carbons (Fsp3) is 0.769. The van der Waals surface area contributed by atoms with Crippen molar-refractivity contribution < 1.29 is 4.42 Å². The van der Waals surface area contributed by atoms with Gasteiger partial charge < -0.3 is 9.73 Å². The van der Waals surface area contributed by atoms with Gasteiger partial charge in [-0.25, -0.2) is 4.98 Å². The maximum atomic E-state index is 5.65. The Bertz CT molecular complexity index is 398. The van der Waals surface area contributed by atoms with Gasteiger partial charge in [0.2, 0.25) is 0 Å². The van der Waals surface area contributed by atoms with Gasteiger partial charge in [0, 0.05) is 12.5 Å². The van der Waals surface area contributed by atoms with E-state index in [-0.39, 0.29) is 0 Å². The molecule has 3 aliphatic carbocycles. The molecule has 2 bridgehead atoms. The molecule has 4 atom stereocenters. The summed E-state index contributed by atoms with van der Waals surface area (Å²) in [5.74, 6) is 5.82. The van der Waals surface area contributed by atoms with Crippen molar-refractivity contribution in [2.75, 3.05) is 7.05 Å². The maximum absolute atomic E-state index is 5.65. The molecular weight excluding hydrogens is 200 g/mol. The number of oxazole rings is 1. The molecule has 86 valence electrons. The molecule has 0 amide bonds. The Balaban J connectivity index is 1.61. The van der Waals surface area contributed by atoms with E-state index in [0.717, 1.165) is 41.8 Å². The van der Waals surface area contributed by atoms with E-state index in [2.05, 4.69) is 10.3 Å². The Morgan fingerprint density at radius 1 is 1.38 bits per heavy atom. The topological polar surface area (TPSA) is 38.1 Å². The van der Waals surface area contributed by atoms with Crippen LogP contribution in [0.25, 0.3) is 0 Å². The molecule has 0 aromatic carbocycles. The molecule has 0 saturated heterocycles. The largest absolute Gasteiger partial charge is 0.448 e. The number of fused-ring (bicyclic) bond motifs is 5. The summed E-state index contributed by atoms with van der Waals surface area (Å²) in [5, 5.41) is 3.17. The zero-order valence-corrected chi connectivity index (χ0v) is 9.65. The number of hydrogen-bond acceptors (Lipinski definition) is 3. The fourth-order valence-corrected chi connectivity index (χ4v) is 4.53. The second-order valence-electron chi connectivity index (χ2n) is 5.71. The van der Waals surface area contributed by atoms with Crippen molar-refractivity contribution in [1.29, 1.82) is 0 Å². The average molecular weight is 218 g/mol. The molecular formula is C13H18N2O. The van der Waals surface area contributed by atoms with E-state index >= 15 is 0 Å². The number of hydrogen-bond donors (Lipinski definition) is 1. The maximum Gasteiger partial charge on any atom is 0.181 e. The lowest BCUT2D eigenvalue weighted by Crippen LogP contribution is -2.08. The number of nitrogens with zero attached hydrogens (tertiary/aromatic N) is 1. The highest BCUT2D eigenvalue weighted by Gasteiger charge is 2.66. The molecule has 3 nitrogen and oxygen atoms in total. The van der Waals surface area contributed by atoms with Crippen LogP contribution in [0.4, 0.5) is 0 Å². The Hall–Kier alpha value is -0.830. The van der Waals surface area contributed by atoms with Crippen LogP contribution in [-0.2, 0) is 6.54 Å². The minimum Gasteiger partial charge on any atom is -0.448 e. The lowest BCUT2D eigenvalue weighted by Gasteiger charge is -2.07. The molecule has 0 spiro atoms. The SMILES string of the molecule is CNCc1ncoc1C1C2C3CCC(C3)C12. The van der Waals surface area contributed by atoms with E-state index in [1.54, 1.807) is 6.39 Å². The van der Waals surface area contributed by atoms with Gasteiger partial charge in [0.25, 0.3) is 0 Å². The summed E-state index contributed by atoms with van der Waals surface area (Å²) in [6.45, 7) is 0.844. The third kappa shape index (κ3) is 1.05. The highest BCUT2D eigenvalue weighted by molar-refractivity contribution is 5.29. The van der Waals surface area contributed by atoms with E-state index in [1.807, 2.05) is 7.05 Å². The van der Waals surface area contributed by atoms with Crippen molar-refractivity contribution in [3.63, 3.8) is 0 Å². The minimum absolute atomic E-state index is 0.720. The second-order valence-corrected chi connectivity index (χ2v) is 5.71. The van der Waals surface area contributed by atoms with E-state index < -0.39 is 0 Å². The molecule has 0 radical (unpaired) electrons. The van der Waals surface area contributed by atoms with Crippen molar-refractivity contribution in [1.82, 2.24) is 10.3 Å². The summed E-state index contributed by atoms with van der Waals surface area (Å²) in [5.41, 5.74) is 1.14. The molecule has 1 heterocycles. The highest BCUT2D eigenvalue weighted by atomic mass is 16.3. The van der Waals surface area contributed by atoms with Gasteiger partial charge in [-0.1, -0.05) is 0 Å². The summed E-state index contributed by atoms with van der Waals surface area (Å²) >= 11 is 0. The van der Waals surface area contributed by atoms with Crippen LogP contribution >= 0.6 is 0 Å². The van der Waals surface area contributed by atoms with Gasteiger partial charge in [-0.15, -0.1) is 0 Å². The first-order valence-corrected chi connectivity index (χ1v) is 6.47. The van der Waals surface area contributed by atoms with Crippen LogP contribution in [0.15, 0.2) is 10.8 Å². The van der Waals surface area contributed by atoms with Crippen LogP contribution in [0.2, 0.25) is 0 Å². The van der Waals surface area contributed by atoms with Crippen LogP contribution < -0.4 is 5.32 Å². The standard InChI is InChI=1S/C13H18N2O/c1-14-5-9-13(16-6-15-9)12-10-7-2-3-8(4-7)11(10)12/h6-8,10-12,14H,2-5H2,1H3. The predicted octanol–water partition coefficient (Wildman–Crippen LogP) is 2.15. The summed E-state index contributed by atoms with van der Waals surface area (Å²) in [4.78, 5) is 4.34. The Morgan fingerprint density at radius 2 is 2.12 bits per heavy atom. The zero-order valence-electron chi connectivity index (χ0n) is 9.65. The van der Waals surface area contributed by atoms with Crippen LogP contribution in [-0.4, -0.2) is 12.0 Å². The molecule has 3 heteroatoms. The Morgan fingerprint density at radius 3 is 2.81 bits per heavy atom. The van der Waals surface area contributed by atoms with E-state index in [1.165, 1.54) is 25.0 Å². The number of rotatable bonds is 3. The Labute approximate surface area is 95.6 Å². The normalized spacial score (nSPS) is 43.7. The summed E-state index contributed by atoms with van der Waals surface area (Å²) in [6, 6.07) is 0. The first-order chi connectivity index (χ1) is 7.90. The molecule has 3 fully saturated rings. The van der Waals surface area contributed by atoms with Gasteiger partial charge in [-0.05, 0) is 50.0 Å². The molecule has 3 saturated carbocycles. The van der Waals surface area contributed by atoms with Crippen LogP contribution in [0.1, 0.15) is 36.6 Å². The molecule has 4 unspecified atom stereocenters. The molecule has 3 aliphatic rings. The van der Waals surface area contributed by atoms with Crippen LogP contribution in [0.5, 0.6) is 0 Å². The van der Waals surface area contributed by atoms with Gasteiger partial charge in [-0.2, -0.15) is 0 Å². The van der Waals surface area contributed by atoms with E-state index in [4.69, 9.17) is 4.42 Å². The molecule has 1 N–H and O–H groups in total. The molecule has 0 aliphatic heterocycles. The van der Waals surface area contributed by atoms with Gasteiger partial charge in [0.15, 0.2) is 6.39 Å². The third-order valence-electron chi connectivity index (χ3n) is 5.05. The molecule has 4 rings (SSSR count). The van der Waals surface area contributed by atoms with Crippen LogP contribution in [0, 0.1) is 23.7 Å². The quantitative estimate of drug-likeness (QED) is 0.844. The fourth-order valence-electron chi connectivity index (χ4n) is 4.53. The van der Waals surface area contributed by atoms with Crippen molar-refractivity contribution in [3.05, 3.63) is 17.8 Å². The first kappa shape index (κ1) is 9.23. The summed E-state index contributed by atoms with van der Waals surface area (Å²) in [6.07, 6.45) is 6.06. The number of aromatic nitrogens is 1. The smallest absolute Gasteiger partial charge is 0.181 e. The van der Waals surface area contributed by atoms with Crippen LogP contribution in [0.3, 0.4) is 0 Å². The lowest BCUT2D eigenvalue weighted by molar-refractivity contribution is 0.438. The van der Waals surface area contributed by atoms with Crippen molar-refractivity contribution in [2.24, 2.45) is 23.7 Å². The third-order valence-corrected chi connectivity index (χ3v) is 5.05. The predicted molar refractivity (Wildman–Crippen MR) is 59.8 cm³/mol. The van der Waals surface area contributed by atoms with Gasteiger partial charge in [-0.3, -0.25) is 0 Å². The van der Waals surface area contributed by atoms with E-state index in [9.17, 15) is 0 Å². The monoisotopic (exact) mass is 218 g/mol. The van der Waals surface area contributed by atoms with Crippen molar-refractivity contribution >= 4 is 0 Å². The average Bonchev–Trinajstić information content (AvgIpc) is 2.73. The van der Waals surface area contributed by atoms with Gasteiger partial charge >= 0.3 is 0 Å². The van der Waals surface area contributed by atoms with Gasteiger partial charge in [0.05, 0.1) is 5.69 Å².